The van der Waals surface area contributed by atoms with Gasteiger partial charge in [-0.05, 0) is 44.0 Å². The molecule has 7 heteroatoms. The van der Waals surface area contributed by atoms with E-state index in [1.165, 1.54) is 0 Å². The van der Waals surface area contributed by atoms with E-state index in [0.717, 1.165) is 18.8 Å². The number of nitrogens with two attached hydrogens (primary N) is 1. The number of halogens is 2. The van der Waals surface area contributed by atoms with Crippen LogP contribution in [-0.4, -0.2) is 9.78 Å². The summed E-state index contributed by atoms with van der Waals surface area (Å²) in [6, 6.07) is 3.93. The van der Waals surface area contributed by atoms with Gasteiger partial charge in [-0.25, -0.2) is 5.43 Å². The van der Waals surface area contributed by atoms with Crippen molar-refractivity contribution >= 4 is 43.2 Å². The minimum atomic E-state index is -0.0653. The van der Waals surface area contributed by atoms with Crippen LogP contribution in [-0.2, 0) is 7.05 Å². The molecule has 0 bridgehead atoms. The maximum absolute atomic E-state index is 5.62. The lowest BCUT2D eigenvalue weighted by Crippen LogP contribution is -2.30. The van der Waals surface area contributed by atoms with Gasteiger partial charge in [0.2, 0.25) is 0 Å². The SMILES string of the molecule is Cn1nccc1C(NN)c1cc(Br)sc1Br. The lowest BCUT2D eigenvalue weighted by molar-refractivity contribution is 0.575. The van der Waals surface area contributed by atoms with Crippen molar-refractivity contribution in [3.05, 3.63) is 37.2 Å². The highest BCUT2D eigenvalue weighted by Crippen LogP contribution is 2.37. The number of rotatable bonds is 3. The van der Waals surface area contributed by atoms with Crippen LogP contribution in [0.15, 0.2) is 25.9 Å². The minimum absolute atomic E-state index is 0.0653. The molecule has 1 unspecified atom stereocenters. The predicted molar refractivity (Wildman–Crippen MR) is 72.1 cm³/mol. The molecule has 2 aromatic heterocycles. The zero-order valence-electron chi connectivity index (χ0n) is 8.45. The minimum Gasteiger partial charge on any atom is -0.271 e. The van der Waals surface area contributed by atoms with Gasteiger partial charge in [0.15, 0.2) is 0 Å². The van der Waals surface area contributed by atoms with Gasteiger partial charge >= 0.3 is 0 Å². The normalized spacial score (nSPS) is 13.0. The molecule has 0 saturated carbocycles. The molecule has 2 rings (SSSR count). The quantitative estimate of drug-likeness (QED) is 0.649. The van der Waals surface area contributed by atoms with Crippen molar-refractivity contribution in [1.29, 1.82) is 0 Å². The van der Waals surface area contributed by atoms with E-state index < -0.39 is 0 Å². The smallest absolute Gasteiger partial charge is 0.0897 e. The lowest BCUT2D eigenvalue weighted by atomic mass is 10.1. The number of aryl methyl sites for hydroxylation is 1. The summed E-state index contributed by atoms with van der Waals surface area (Å²) in [6.45, 7) is 0. The van der Waals surface area contributed by atoms with Crippen LogP contribution < -0.4 is 11.3 Å². The molecule has 2 heterocycles. The zero-order valence-corrected chi connectivity index (χ0v) is 12.4. The Hall–Kier alpha value is -0.210. The fourth-order valence-electron chi connectivity index (χ4n) is 1.55. The van der Waals surface area contributed by atoms with Crippen LogP contribution >= 0.6 is 43.2 Å². The second kappa shape index (κ2) is 4.97. The molecule has 0 aliphatic heterocycles. The summed E-state index contributed by atoms with van der Waals surface area (Å²) in [7, 11) is 1.90. The first kappa shape index (κ1) is 12.3. The van der Waals surface area contributed by atoms with Crippen molar-refractivity contribution in [2.75, 3.05) is 0 Å². The van der Waals surface area contributed by atoms with Gasteiger partial charge in [-0.2, -0.15) is 5.10 Å². The molecule has 0 fully saturated rings. The Bertz CT molecular complexity index is 493. The fourth-order valence-corrected chi connectivity index (χ4v) is 4.45. The summed E-state index contributed by atoms with van der Waals surface area (Å²) in [5.74, 6) is 5.62. The Labute approximate surface area is 114 Å². The van der Waals surface area contributed by atoms with Gasteiger partial charge in [0.1, 0.15) is 0 Å². The van der Waals surface area contributed by atoms with Crippen LogP contribution in [0.3, 0.4) is 0 Å². The maximum Gasteiger partial charge on any atom is 0.0897 e. The third-order valence-electron chi connectivity index (χ3n) is 2.32. The van der Waals surface area contributed by atoms with Gasteiger partial charge in [-0.15, -0.1) is 11.3 Å². The van der Waals surface area contributed by atoms with Crippen LogP contribution in [0.2, 0.25) is 0 Å². The van der Waals surface area contributed by atoms with E-state index in [2.05, 4.69) is 42.4 Å². The van der Waals surface area contributed by atoms with Crippen LogP contribution in [0.25, 0.3) is 0 Å². The van der Waals surface area contributed by atoms with Crippen molar-refractivity contribution in [3.8, 4) is 0 Å². The monoisotopic (exact) mass is 364 g/mol. The molecule has 0 radical (unpaired) electrons. The number of aromatic nitrogens is 2. The molecule has 4 nitrogen and oxygen atoms in total. The van der Waals surface area contributed by atoms with Gasteiger partial charge in [-0.3, -0.25) is 10.5 Å². The maximum atomic E-state index is 5.62. The third kappa shape index (κ3) is 2.23. The van der Waals surface area contributed by atoms with E-state index >= 15 is 0 Å². The average Bonchev–Trinajstić information content (AvgIpc) is 2.77. The number of nitrogens with zero attached hydrogens (tertiary/aromatic N) is 2. The van der Waals surface area contributed by atoms with Crippen molar-refractivity contribution in [1.82, 2.24) is 15.2 Å². The van der Waals surface area contributed by atoms with Gasteiger partial charge in [0.25, 0.3) is 0 Å². The molecule has 0 saturated heterocycles. The summed E-state index contributed by atoms with van der Waals surface area (Å²) < 4.78 is 3.93. The van der Waals surface area contributed by atoms with E-state index in [-0.39, 0.29) is 6.04 Å². The second-order valence-corrected chi connectivity index (χ2v) is 7.01. The van der Waals surface area contributed by atoms with Gasteiger partial charge in [0, 0.05) is 18.8 Å². The predicted octanol–water partition coefficient (Wildman–Crippen LogP) is 2.56. The summed E-state index contributed by atoms with van der Waals surface area (Å²) in [4.78, 5) is 0. The number of hydrogen-bond donors (Lipinski definition) is 2. The molecule has 0 aliphatic carbocycles. The first-order valence-electron chi connectivity index (χ1n) is 4.52. The molecular formula is C9H10Br2N4S. The molecule has 0 aromatic carbocycles. The van der Waals surface area contributed by atoms with Crippen molar-refractivity contribution in [3.63, 3.8) is 0 Å². The van der Waals surface area contributed by atoms with Crippen molar-refractivity contribution in [2.45, 2.75) is 6.04 Å². The number of thiophene rings is 1. The van der Waals surface area contributed by atoms with Crippen LogP contribution in [0.5, 0.6) is 0 Å². The van der Waals surface area contributed by atoms with Gasteiger partial charge < -0.3 is 0 Å². The highest BCUT2D eigenvalue weighted by Gasteiger charge is 2.20. The molecule has 0 spiro atoms. The molecule has 86 valence electrons. The van der Waals surface area contributed by atoms with E-state index in [9.17, 15) is 0 Å². The average molecular weight is 366 g/mol. The highest BCUT2D eigenvalue weighted by atomic mass is 79.9. The lowest BCUT2D eigenvalue weighted by Gasteiger charge is -2.15. The number of nitrogens with one attached hydrogen (secondary N) is 1. The fraction of sp³-hybridized carbons (Fsp3) is 0.222. The second-order valence-electron chi connectivity index (χ2n) is 3.26. The summed E-state index contributed by atoms with van der Waals surface area (Å²) >= 11 is 8.62. The summed E-state index contributed by atoms with van der Waals surface area (Å²) in [5, 5.41) is 4.14. The van der Waals surface area contributed by atoms with Crippen LogP contribution in [0, 0.1) is 0 Å². The molecular weight excluding hydrogens is 356 g/mol. The molecule has 0 amide bonds. The molecule has 2 aromatic rings. The topological polar surface area (TPSA) is 55.9 Å². The molecule has 16 heavy (non-hydrogen) atoms. The summed E-state index contributed by atoms with van der Waals surface area (Å²) in [6.07, 6.45) is 1.76. The van der Waals surface area contributed by atoms with Crippen molar-refractivity contribution in [2.24, 2.45) is 12.9 Å². The van der Waals surface area contributed by atoms with E-state index in [0.29, 0.717) is 0 Å². The number of hydrogen-bond acceptors (Lipinski definition) is 4. The van der Waals surface area contributed by atoms with Crippen molar-refractivity contribution < 1.29 is 0 Å². The number of hydrazine groups is 1. The summed E-state index contributed by atoms with van der Waals surface area (Å²) in [5.41, 5.74) is 4.93. The van der Waals surface area contributed by atoms with Gasteiger partial charge in [0.05, 0.1) is 19.3 Å². The third-order valence-corrected chi connectivity index (χ3v) is 4.70. The Morgan fingerprint density at radius 1 is 1.56 bits per heavy atom. The standard InChI is InChI=1S/C9H10Br2N4S/c1-15-6(2-3-13-15)8(14-12)5-4-7(10)16-9(5)11/h2-4,8,14H,12H2,1H3. The Morgan fingerprint density at radius 2 is 2.31 bits per heavy atom. The highest BCUT2D eigenvalue weighted by molar-refractivity contribution is 9.12. The van der Waals surface area contributed by atoms with E-state index in [4.69, 9.17) is 5.84 Å². The van der Waals surface area contributed by atoms with Crippen LogP contribution in [0.4, 0.5) is 0 Å². The van der Waals surface area contributed by atoms with E-state index in [1.807, 2.05) is 23.9 Å². The molecule has 0 aliphatic rings. The first-order chi connectivity index (χ1) is 7.63. The largest absolute Gasteiger partial charge is 0.271 e. The van der Waals surface area contributed by atoms with Crippen LogP contribution in [0.1, 0.15) is 17.3 Å². The molecule has 1 atom stereocenters. The first-order valence-corrected chi connectivity index (χ1v) is 6.92. The molecule has 3 N–H and O–H groups in total. The zero-order chi connectivity index (χ0) is 11.7. The Balaban J connectivity index is 2.44. The van der Waals surface area contributed by atoms with E-state index in [1.54, 1.807) is 17.5 Å². The Kier molecular flexibility index (Phi) is 3.81. The Morgan fingerprint density at radius 3 is 2.75 bits per heavy atom. The van der Waals surface area contributed by atoms with Gasteiger partial charge in [-0.1, -0.05) is 0 Å².